The number of rotatable bonds is 6. The maximum absolute atomic E-state index is 11.7. The Hall–Kier alpha value is -0.940. The van der Waals surface area contributed by atoms with Gasteiger partial charge >= 0.3 is 0 Å². The molecule has 0 radical (unpaired) electrons. The fraction of sp³-hybridized carbons (Fsp3) is 0.846. The Balaban J connectivity index is 2.38. The Kier molecular flexibility index (Phi) is 6.29. The van der Waals surface area contributed by atoms with Gasteiger partial charge in [0.05, 0.1) is 12.6 Å². The molecule has 2 amide bonds. The molecule has 5 heteroatoms. The van der Waals surface area contributed by atoms with Crippen molar-refractivity contribution in [3.8, 4) is 0 Å². The van der Waals surface area contributed by atoms with Gasteiger partial charge in [-0.1, -0.05) is 13.8 Å². The third-order valence-corrected chi connectivity index (χ3v) is 2.96. The lowest BCUT2D eigenvalue weighted by Gasteiger charge is -2.22. The van der Waals surface area contributed by atoms with Gasteiger partial charge in [-0.05, 0) is 25.3 Å². The molecule has 1 aliphatic heterocycles. The topological polar surface area (TPSA) is 69.6 Å². The van der Waals surface area contributed by atoms with E-state index in [4.69, 9.17) is 0 Å². The highest BCUT2D eigenvalue weighted by molar-refractivity contribution is 5.96. The maximum Gasteiger partial charge on any atom is 0.229 e. The third-order valence-electron chi connectivity index (χ3n) is 2.96. The van der Waals surface area contributed by atoms with E-state index >= 15 is 0 Å². The monoisotopic (exact) mass is 256 g/mol. The van der Waals surface area contributed by atoms with Crippen molar-refractivity contribution in [3.63, 3.8) is 0 Å². The smallest absolute Gasteiger partial charge is 0.229 e. The number of imide groups is 1. The van der Waals surface area contributed by atoms with Gasteiger partial charge in [0.25, 0.3) is 0 Å². The quantitative estimate of drug-likeness (QED) is 0.680. The molecular formula is C13H24N2O3. The minimum absolute atomic E-state index is 0.114. The molecule has 1 aliphatic rings. The molecule has 1 atom stereocenters. The molecule has 1 unspecified atom stereocenters. The number of aliphatic hydroxyl groups excluding tert-OH is 1. The lowest BCUT2D eigenvalue weighted by Crippen LogP contribution is -2.44. The van der Waals surface area contributed by atoms with Gasteiger partial charge in [-0.2, -0.15) is 0 Å². The van der Waals surface area contributed by atoms with E-state index in [2.05, 4.69) is 19.2 Å². The number of hydrogen-bond donors (Lipinski definition) is 2. The first-order valence-corrected chi connectivity index (χ1v) is 6.72. The summed E-state index contributed by atoms with van der Waals surface area (Å²) in [5.41, 5.74) is 0. The summed E-state index contributed by atoms with van der Waals surface area (Å²) >= 11 is 0. The summed E-state index contributed by atoms with van der Waals surface area (Å²) in [6.45, 7) is 5.51. The number of likely N-dealkylation sites (tertiary alicyclic amines) is 1. The van der Waals surface area contributed by atoms with Crippen molar-refractivity contribution in [1.29, 1.82) is 0 Å². The number of nitrogens with zero attached hydrogens (tertiary/aromatic N) is 1. The minimum atomic E-state index is -0.685. The van der Waals surface area contributed by atoms with E-state index in [0.29, 0.717) is 25.3 Å². The number of amides is 2. The van der Waals surface area contributed by atoms with Crippen LogP contribution in [0.15, 0.2) is 0 Å². The Bertz CT molecular complexity index is 274. The van der Waals surface area contributed by atoms with Crippen LogP contribution in [-0.4, -0.2) is 47.6 Å². The van der Waals surface area contributed by atoms with Gasteiger partial charge in [-0.3, -0.25) is 14.5 Å². The first-order valence-electron chi connectivity index (χ1n) is 6.72. The largest absolute Gasteiger partial charge is 0.390 e. The molecule has 1 heterocycles. The second-order valence-electron chi connectivity index (χ2n) is 5.31. The van der Waals surface area contributed by atoms with Gasteiger partial charge in [-0.15, -0.1) is 0 Å². The molecule has 2 N–H and O–H groups in total. The Morgan fingerprint density at radius 3 is 2.22 bits per heavy atom. The zero-order valence-electron chi connectivity index (χ0n) is 11.3. The number of hydrogen-bond acceptors (Lipinski definition) is 4. The SMILES string of the molecule is CC(C)CNCC(O)CN1C(=O)CCCCC1=O. The molecule has 0 aromatic rings. The van der Waals surface area contributed by atoms with Gasteiger partial charge in [-0.25, -0.2) is 0 Å². The van der Waals surface area contributed by atoms with E-state index in [-0.39, 0.29) is 18.4 Å². The van der Waals surface area contributed by atoms with Crippen molar-refractivity contribution < 1.29 is 14.7 Å². The van der Waals surface area contributed by atoms with Crippen LogP contribution in [0, 0.1) is 5.92 Å². The van der Waals surface area contributed by atoms with Crippen LogP contribution in [-0.2, 0) is 9.59 Å². The van der Waals surface area contributed by atoms with E-state index in [9.17, 15) is 14.7 Å². The Morgan fingerprint density at radius 2 is 1.72 bits per heavy atom. The van der Waals surface area contributed by atoms with Crippen molar-refractivity contribution in [2.24, 2.45) is 5.92 Å². The van der Waals surface area contributed by atoms with E-state index in [1.807, 2.05) is 0 Å². The van der Waals surface area contributed by atoms with Crippen LogP contribution in [0.4, 0.5) is 0 Å². The van der Waals surface area contributed by atoms with Gasteiger partial charge in [0, 0.05) is 19.4 Å². The third kappa shape index (κ3) is 5.14. The summed E-state index contributed by atoms with van der Waals surface area (Å²) in [6, 6.07) is 0. The highest BCUT2D eigenvalue weighted by Crippen LogP contribution is 2.12. The van der Waals surface area contributed by atoms with Crippen LogP contribution in [0.3, 0.4) is 0 Å². The summed E-state index contributed by atoms with van der Waals surface area (Å²) in [6.07, 6.45) is 1.68. The molecule has 5 nitrogen and oxygen atoms in total. The molecule has 0 aliphatic carbocycles. The minimum Gasteiger partial charge on any atom is -0.390 e. The first kappa shape index (κ1) is 15.1. The van der Waals surface area contributed by atoms with Crippen molar-refractivity contribution in [2.75, 3.05) is 19.6 Å². The molecule has 0 bridgehead atoms. The van der Waals surface area contributed by atoms with Crippen LogP contribution in [0.1, 0.15) is 39.5 Å². The van der Waals surface area contributed by atoms with Crippen LogP contribution in [0.2, 0.25) is 0 Å². The number of nitrogens with one attached hydrogen (secondary N) is 1. The summed E-state index contributed by atoms with van der Waals surface area (Å²) in [7, 11) is 0. The van der Waals surface area contributed by atoms with Crippen LogP contribution in [0.25, 0.3) is 0 Å². The van der Waals surface area contributed by atoms with Crippen LogP contribution < -0.4 is 5.32 Å². The Labute approximate surface area is 109 Å². The average molecular weight is 256 g/mol. The normalized spacial score (nSPS) is 19.2. The lowest BCUT2D eigenvalue weighted by molar-refractivity contribution is -0.145. The fourth-order valence-electron chi connectivity index (χ4n) is 1.98. The molecule has 0 saturated carbocycles. The van der Waals surface area contributed by atoms with E-state index in [1.54, 1.807) is 0 Å². The number of carbonyl (C=O) groups excluding carboxylic acids is 2. The highest BCUT2D eigenvalue weighted by atomic mass is 16.3. The molecular weight excluding hydrogens is 232 g/mol. The molecule has 0 aromatic carbocycles. The predicted octanol–water partition coefficient (Wildman–Crippen LogP) is 0.522. The van der Waals surface area contributed by atoms with Crippen LogP contribution in [0.5, 0.6) is 0 Å². The van der Waals surface area contributed by atoms with Gasteiger partial charge in [0.15, 0.2) is 0 Å². The van der Waals surface area contributed by atoms with E-state index < -0.39 is 6.10 Å². The predicted molar refractivity (Wildman–Crippen MR) is 68.9 cm³/mol. The number of carbonyl (C=O) groups is 2. The Morgan fingerprint density at radius 1 is 1.17 bits per heavy atom. The molecule has 18 heavy (non-hydrogen) atoms. The second-order valence-corrected chi connectivity index (χ2v) is 5.31. The van der Waals surface area contributed by atoms with Crippen molar-refractivity contribution in [1.82, 2.24) is 10.2 Å². The fourth-order valence-corrected chi connectivity index (χ4v) is 1.98. The van der Waals surface area contributed by atoms with Crippen molar-refractivity contribution in [2.45, 2.75) is 45.6 Å². The second kappa shape index (κ2) is 7.48. The molecule has 104 valence electrons. The van der Waals surface area contributed by atoms with Crippen molar-refractivity contribution >= 4 is 11.8 Å². The van der Waals surface area contributed by atoms with Crippen molar-refractivity contribution in [3.05, 3.63) is 0 Å². The summed E-state index contributed by atoms with van der Waals surface area (Å²) in [4.78, 5) is 24.6. The average Bonchev–Trinajstić information content (AvgIpc) is 2.43. The van der Waals surface area contributed by atoms with E-state index in [0.717, 1.165) is 19.4 Å². The van der Waals surface area contributed by atoms with Crippen LogP contribution >= 0.6 is 0 Å². The zero-order chi connectivity index (χ0) is 13.5. The van der Waals surface area contributed by atoms with Gasteiger partial charge in [0.2, 0.25) is 11.8 Å². The standard InChI is InChI=1S/C13H24N2O3/c1-10(2)7-14-8-11(16)9-15-12(17)5-3-4-6-13(15)18/h10-11,14,16H,3-9H2,1-2H3. The molecule has 0 spiro atoms. The lowest BCUT2D eigenvalue weighted by atomic mass is 10.2. The summed E-state index contributed by atoms with van der Waals surface area (Å²) in [5, 5.41) is 13.0. The molecule has 1 fully saturated rings. The number of β-amino-alcohol motifs (C(OH)–C–C–N with tert-alkyl or cyclic N) is 1. The van der Waals surface area contributed by atoms with E-state index in [1.165, 1.54) is 4.90 Å². The first-order chi connectivity index (χ1) is 8.50. The summed E-state index contributed by atoms with van der Waals surface area (Å²) < 4.78 is 0. The summed E-state index contributed by atoms with van der Waals surface area (Å²) in [5.74, 6) is 0.208. The number of aliphatic hydroxyl groups is 1. The molecule has 1 saturated heterocycles. The molecule has 1 rings (SSSR count). The zero-order valence-corrected chi connectivity index (χ0v) is 11.3. The maximum atomic E-state index is 11.7. The van der Waals surface area contributed by atoms with Gasteiger partial charge < -0.3 is 10.4 Å². The molecule has 0 aromatic heterocycles. The highest BCUT2D eigenvalue weighted by Gasteiger charge is 2.25. The van der Waals surface area contributed by atoms with Gasteiger partial charge in [0.1, 0.15) is 0 Å².